The molecule has 0 atom stereocenters. The number of hydrogen-bond acceptors (Lipinski definition) is 6. The molecule has 0 unspecified atom stereocenters. The number of tetrazole rings is 1. The molecule has 7 nitrogen and oxygen atoms in total. The van der Waals surface area contributed by atoms with Crippen molar-refractivity contribution < 1.29 is 14.8 Å². The predicted molar refractivity (Wildman–Crippen MR) is 108 cm³/mol. The molecule has 2 aromatic carbocycles. The van der Waals surface area contributed by atoms with Crippen molar-refractivity contribution in [3.8, 4) is 11.5 Å². The summed E-state index contributed by atoms with van der Waals surface area (Å²) in [5.41, 5.74) is 2.27. The van der Waals surface area contributed by atoms with Crippen LogP contribution in [0.15, 0.2) is 53.7 Å². The lowest BCUT2D eigenvalue weighted by atomic mass is 10.1. The second kappa shape index (κ2) is 10.7. The van der Waals surface area contributed by atoms with Crippen LogP contribution in [0, 0.1) is 0 Å². The van der Waals surface area contributed by atoms with Crippen molar-refractivity contribution >= 4 is 11.8 Å². The Kier molecular flexibility index (Phi) is 7.69. The minimum Gasteiger partial charge on any atom is -0.490 e. The van der Waals surface area contributed by atoms with Gasteiger partial charge in [0.05, 0.1) is 24.5 Å². The zero-order chi connectivity index (χ0) is 19.6. The first-order chi connectivity index (χ1) is 13.8. The number of rotatable bonds is 11. The quantitative estimate of drug-likeness (QED) is 0.392. The predicted octanol–water partition coefficient (Wildman–Crippen LogP) is 2.04. The number of nitrogens with two attached hydrogens (primary N) is 1. The summed E-state index contributed by atoms with van der Waals surface area (Å²) in [5, 5.41) is 14.6. The van der Waals surface area contributed by atoms with E-state index in [1.54, 1.807) is 16.4 Å². The molecule has 0 saturated carbocycles. The molecular formula is C20H26N5O2S+. The Morgan fingerprint density at radius 2 is 1.93 bits per heavy atom. The van der Waals surface area contributed by atoms with E-state index >= 15 is 0 Å². The maximum absolute atomic E-state index is 6.16. The second-order valence-electron chi connectivity index (χ2n) is 6.17. The number of aromatic nitrogens is 4. The van der Waals surface area contributed by atoms with Gasteiger partial charge in [0.15, 0.2) is 11.5 Å². The van der Waals surface area contributed by atoms with Crippen LogP contribution in [0.1, 0.15) is 18.1 Å². The van der Waals surface area contributed by atoms with Crippen LogP contribution in [0.2, 0.25) is 0 Å². The number of thioether (sulfide) groups is 1. The lowest BCUT2D eigenvalue weighted by Gasteiger charge is -2.15. The summed E-state index contributed by atoms with van der Waals surface area (Å²) in [5.74, 6) is 2.55. The molecule has 148 valence electrons. The molecule has 2 N–H and O–H groups in total. The van der Waals surface area contributed by atoms with Crippen LogP contribution in [-0.2, 0) is 20.2 Å². The molecule has 28 heavy (non-hydrogen) atoms. The number of aryl methyl sites for hydroxylation is 1. The number of ether oxygens (including phenoxy) is 2. The average molecular weight is 401 g/mol. The third kappa shape index (κ3) is 5.71. The Morgan fingerprint density at radius 1 is 1.07 bits per heavy atom. The van der Waals surface area contributed by atoms with Gasteiger partial charge in [-0.2, -0.15) is 0 Å². The topological polar surface area (TPSA) is 78.7 Å². The summed E-state index contributed by atoms with van der Waals surface area (Å²) >= 11 is 1.65. The van der Waals surface area contributed by atoms with Crippen molar-refractivity contribution in [3.63, 3.8) is 0 Å². The molecule has 0 amide bonds. The van der Waals surface area contributed by atoms with E-state index in [0.29, 0.717) is 13.2 Å². The summed E-state index contributed by atoms with van der Waals surface area (Å²) < 4.78 is 13.6. The molecule has 8 heteroatoms. The van der Waals surface area contributed by atoms with Gasteiger partial charge in [-0.1, -0.05) is 48.2 Å². The van der Waals surface area contributed by atoms with Crippen molar-refractivity contribution in [2.45, 2.75) is 25.2 Å². The van der Waals surface area contributed by atoms with E-state index < -0.39 is 0 Å². The molecule has 0 fully saturated rings. The van der Waals surface area contributed by atoms with Gasteiger partial charge in [-0.3, -0.25) is 0 Å². The van der Waals surface area contributed by atoms with Crippen LogP contribution < -0.4 is 14.8 Å². The van der Waals surface area contributed by atoms with E-state index in [0.717, 1.165) is 46.6 Å². The van der Waals surface area contributed by atoms with Crippen LogP contribution in [-0.4, -0.2) is 39.1 Å². The molecule has 0 aliphatic rings. The van der Waals surface area contributed by atoms with Gasteiger partial charge in [0.2, 0.25) is 5.16 Å². The van der Waals surface area contributed by atoms with Crippen molar-refractivity contribution in [2.75, 3.05) is 18.9 Å². The van der Waals surface area contributed by atoms with Crippen LogP contribution in [0.5, 0.6) is 11.5 Å². The van der Waals surface area contributed by atoms with Gasteiger partial charge >= 0.3 is 0 Å². The molecule has 1 heterocycles. The Morgan fingerprint density at radius 3 is 2.68 bits per heavy atom. The molecule has 0 aliphatic carbocycles. The van der Waals surface area contributed by atoms with E-state index in [9.17, 15) is 0 Å². The zero-order valence-electron chi connectivity index (χ0n) is 16.2. The summed E-state index contributed by atoms with van der Waals surface area (Å²) in [6, 6.07) is 16.2. The smallest absolute Gasteiger partial charge is 0.209 e. The summed E-state index contributed by atoms with van der Waals surface area (Å²) in [4.78, 5) is 0. The highest BCUT2D eigenvalue weighted by atomic mass is 32.2. The largest absolute Gasteiger partial charge is 0.490 e. The first-order valence-corrected chi connectivity index (χ1v) is 10.3. The fourth-order valence-electron chi connectivity index (χ4n) is 2.72. The van der Waals surface area contributed by atoms with E-state index in [-0.39, 0.29) is 0 Å². The number of para-hydroxylation sites is 1. The number of quaternary nitrogens is 1. The Hall–Kier alpha value is -2.58. The standard InChI is InChI=1S/C20H25N5O2S/c1-3-26-18-11-7-10-17(19(18)27-15-16-8-5-4-6-9-16)14-21-12-13-28-20-22-23-24-25(20)2/h4-11,21H,3,12-15H2,1-2H3/p+1. The first kappa shape index (κ1) is 20.2. The van der Waals surface area contributed by atoms with Crippen molar-refractivity contribution in [2.24, 2.45) is 7.05 Å². The Labute approximate surface area is 169 Å². The highest BCUT2D eigenvalue weighted by Gasteiger charge is 2.13. The van der Waals surface area contributed by atoms with E-state index in [2.05, 4.69) is 39.0 Å². The van der Waals surface area contributed by atoms with Gasteiger partial charge in [0.25, 0.3) is 0 Å². The van der Waals surface area contributed by atoms with Gasteiger partial charge in [0.1, 0.15) is 13.2 Å². The van der Waals surface area contributed by atoms with Gasteiger partial charge in [0, 0.05) is 7.05 Å². The maximum Gasteiger partial charge on any atom is 0.209 e. The van der Waals surface area contributed by atoms with Crippen molar-refractivity contribution in [1.82, 2.24) is 20.2 Å². The SMILES string of the molecule is CCOc1cccc(C[NH2+]CCSc2nnnn2C)c1OCc1ccccc1. The molecule has 0 bridgehead atoms. The highest BCUT2D eigenvalue weighted by Crippen LogP contribution is 2.31. The molecule has 0 saturated heterocycles. The molecule has 0 radical (unpaired) electrons. The maximum atomic E-state index is 6.16. The Bertz CT molecular complexity index is 857. The van der Waals surface area contributed by atoms with Gasteiger partial charge < -0.3 is 14.8 Å². The molecule has 3 rings (SSSR count). The monoisotopic (exact) mass is 400 g/mol. The summed E-state index contributed by atoms with van der Waals surface area (Å²) in [6.07, 6.45) is 0. The van der Waals surface area contributed by atoms with Crippen LogP contribution in [0.4, 0.5) is 0 Å². The van der Waals surface area contributed by atoms with Gasteiger partial charge in [-0.05, 0) is 35.0 Å². The first-order valence-electron chi connectivity index (χ1n) is 9.36. The Balaban J connectivity index is 1.57. The lowest BCUT2D eigenvalue weighted by Crippen LogP contribution is -2.83. The third-order valence-electron chi connectivity index (χ3n) is 4.08. The van der Waals surface area contributed by atoms with E-state index in [4.69, 9.17) is 9.47 Å². The highest BCUT2D eigenvalue weighted by molar-refractivity contribution is 7.99. The molecule has 1 aromatic heterocycles. The minimum absolute atomic E-state index is 0.521. The number of benzene rings is 2. The molecule has 3 aromatic rings. The summed E-state index contributed by atoms with van der Waals surface area (Å²) in [7, 11) is 1.85. The molecule has 0 aliphatic heterocycles. The molecule has 0 spiro atoms. The third-order valence-corrected chi connectivity index (χ3v) is 5.13. The average Bonchev–Trinajstić information content (AvgIpc) is 3.13. The van der Waals surface area contributed by atoms with Crippen molar-refractivity contribution in [1.29, 1.82) is 0 Å². The minimum atomic E-state index is 0.521. The fourth-order valence-corrected chi connectivity index (χ4v) is 3.50. The fraction of sp³-hybridized carbons (Fsp3) is 0.350. The van der Waals surface area contributed by atoms with Gasteiger partial charge in [-0.25, -0.2) is 4.68 Å². The number of hydrogen-bond donors (Lipinski definition) is 1. The van der Waals surface area contributed by atoms with E-state index in [1.807, 2.05) is 44.3 Å². The zero-order valence-corrected chi connectivity index (χ0v) is 17.1. The second-order valence-corrected chi connectivity index (χ2v) is 7.23. The lowest BCUT2D eigenvalue weighted by molar-refractivity contribution is -0.666. The van der Waals surface area contributed by atoms with E-state index in [1.165, 1.54) is 0 Å². The normalized spacial score (nSPS) is 10.8. The van der Waals surface area contributed by atoms with Crippen LogP contribution >= 0.6 is 11.8 Å². The van der Waals surface area contributed by atoms with Crippen LogP contribution in [0.25, 0.3) is 0 Å². The molecular weight excluding hydrogens is 374 g/mol. The van der Waals surface area contributed by atoms with Crippen LogP contribution in [0.3, 0.4) is 0 Å². The number of nitrogens with zero attached hydrogens (tertiary/aromatic N) is 4. The van der Waals surface area contributed by atoms with Gasteiger partial charge in [-0.15, -0.1) is 5.10 Å². The van der Waals surface area contributed by atoms with Crippen molar-refractivity contribution in [3.05, 3.63) is 59.7 Å². The summed E-state index contributed by atoms with van der Waals surface area (Å²) in [6.45, 7) is 4.89.